The second kappa shape index (κ2) is 4.24. The van der Waals surface area contributed by atoms with Gasteiger partial charge in [-0.05, 0) is 12.8 Å². The number of hydrogen-bond donors (Lipinski definition) is 2. The van der Waals surface area contributed by atoms with Gasteiger partial charge in [-0.25, -0.2) is 10.2 Å². The number of urea groups is 1. The van der Waals surface area contributed by atoms with Crippen molar-refractivity contribution in [1.82, 2.24) is 5.43 Å². The Hall–Kier alpha value is -2.38. The summed E-state index contributed by atoms with van der Waals surface area (Å²) >= 11 is 0. The quantitative estimate of drug-likeness (QED) is 0.586. The molecule has 17 heavy (non-hydrogen) atoms. The van der Waals surface area contributed by atoms with Gasteiger partial charge in [-0.3, -0.25) is 10.1 Å². The number of rotatable bonds is 2. The second-order valence-corrected chi connectivity index (χ2v) is 3.57. The number of fused-ring (bicyclic) bond motifs is 1. The number of furan rings is 1. The number of hydrazone groups is 1. The van der Waals surface area contributed by atoms with E-state index in [-0.39, 0.29) is 5.88 Å². The van der Waals surface area contributed by atoms with E-state index in [9.17, 15) is 14.9 Å². The number of primary amides is 1. The molecule has 0 saturated carbocycles. The summed E-state index contributed by atoms with van der Waals surface area (Å²) in [5.74, 6) is 0.205. The lowest BCUT2D eigenvalue weighted by Gasteiger charge is -2.11. The highest BCUT2D eigenvalue weighted by Crippen LogP contribution is 2.28. The molecule has 1 heterocycles. The van der Waals surface area contributed by atoms with Crippen LogP contribution in [0, 0.1) is 10.1 Å². The van der Waals surface area contributed by atoms with Gasteiger partial charge < -0.3 is 10.2 Å². The van der Waals surface area contributed by atoms with Crippen molar-refractivity contribution in [2.45, 2.75) is 19.3 Å². The van der Waals surface area contributed by atoms with E-state index in [2.05, 4.69) is 10.5 Å². The van der Waals surface area contributed by atoms with E-state index in [1.54, 1.807) is 0 Å². The van der Waals surface area contributed by atoms with E-state index in [1.807, 2.05) is 0 Å². The molecule has 0 fully saturated rings. The molecule has 1 aromatic heterocycles. The average Bonchev–Trinajstić information content (AvgIpc) is 2.70. The zero-order valence-corrected chi connectivity index (χ0v) is 8.80. The average molecular weight is 238 g/mol. The largest absolute Gasteiger partial charge is 0.433 e. The van der Waals surface area contributed by atoms with Gasteiger partial charge in [0.15, 0.2) is 0 Å². The fourth-order valence-corrected chi connectivity index (χ4v) is 1.72. The summed E-state index contributed by atoms with van der Waals surface area (Å²) in [5, 5.41) is 14.4. The third kappa shape index (κ3) is 2.25. The highest BCUT2D eigenvalue weighted by atomic mass is 16.6. The molecule has 0 unspecified atom stereocenters. The lowest BCUT2D eigenvalue weighted by molar-refractivity contribution is -0.402. The van der Waals surface area contributed by atoms with Crippen molar-refractivity contribution < 1.29 is 14.1 Å². The molecule has 0 atom stereocenters. The highest BCUT2D eigenvalue weighted by Gasteiger charge is 2.25. The van der Waals surface area contributed by atoms with Gasteiger partial charge in [0.05, 0.1) is 11.8 Å². The predicted octanol–water partition coefficient (Wildman–Crippen LogP) is 0.897. The topological polar surface area (TPSA) is 124 Å². The molecule has 0 saturated heterocycles. The maximum absolute atomic E-state index is 10.6. The van der Waals surface area contributed by atoms with Crippen molar-refractivity contribution in [2.75, 3.05) is 0 Å². The number of nitrogens with two attached hydrogens (primary N) is 1. The highest BCUT2D eigenvalue weighted by molar-refractivity contribution is 6.03. The van der Waals surface area contributed by atoms with E-state index in [1.165, 1.54) is 6.07 Å². The van der Waals surface area contributed by atoms with Crippen LogP contribution in [0.1, 0.15) is 24.2 Å². The van der Waals surface area contributed by atoms with Gasteiger partial charge in [-0.1, -0.05) is 0 Å². The summed E-state index contributed by atoms with van der Waals surface area (Å²) in [6.07, 6.45) is 2.00. The van der Waals surface area contributed by atoms with Crippen LogP contribution in [0.5, 0.6) is 0 Å². The van der Waals surface area contributed by atoms with Gasteiger partial charge in [0.2, 0.25) is 0 Å². The number of hydrogen-bond acceptors (Lipinski definition) is 5. The second-order valence-electron chi connectivity index (χ2n) is 3.57. The zero-order chi connectivity index (χ0) is 12.4. The number of aryl methyl sites for hydroxylation is 1. The van der Waals surface area contributed by atoms with Gasteiger partial charge in [-0.2, -0.15) is 5.10 Å². The Morgan fingerprint density at radius 3 is 3.00 bits per heavy atom. The molecule has 0 aromatic carbocycles. The maximum Gasteiger partial charge on any atom is 0.433 e. The minimum atomic E-state index is -0.775. The number of carbonyl (C=O) groups is 1. The Labute approximate surface area is 95.6 Å². The minimum Gasteiger partial charge on any atom is -0.405 e. The zero-order valence-electron chi connectivity index (χ0n) is 8.80. The van der Waals surface area contributed by atoms with Crippen LogP contribution in [0.3, 0.4) is 0 Å². The summed E-state index contributed by atoms with van der Waals surface area (Å²) in [7, 11) is 0. The third-order valence-corrected chi connectivity index (χ3v) is 2.41. The minimum absolute atomic E-state index is 0.316. The van der Waals surface area contributed by atoms with Crippen molar-refractivity contribution in [3.8, 4) is 0 Å². The monoisotopic (exact) mass is 238 g/mol. The molecule has 1 aliphatic rings. The molecule has 0 spiro atoms. The molecule has 0 radical (unpaired) electrons. The lowest BCUT2D eigenvalue weighted by atomic mass is 9.97. The van der Waals surface area contributed by atoms with Crippen LogP contribution in [0.4, 0.5) is 10.7 Å². The number of amides is 2. The van der Waals surface area contributed by atoms with Crippen molar-refractivity contribution >= 4 is 17.6 Å². The molecule has 8 heteroatoms. The van der Waals surface area contributed by atoms with E-state index in [0.29, 0.717) is 29.9 Å². The maximum atomic E-state index is 10.6. The van der Waals surface area contributed by atoms with Gasteiger partial charge in [0.25, 0.3) is 0 Å². The smallest absolute Gasteiger partial charge is 0.405 e. The molecule has 1 aromatic rings. The van der Waals surface area contributed by atoms with Crippen molar-refractivity contribution in [3.63, 3.8) is 0 Å². The molecule has 8 nitrogen and oxygen atoms in total. The normalized spacial score (nSPS) is 16.6. The Balaban J connectivity index is 2.33. The molecule has 2 amide bonds. The van der Waals surface area contributed by atoms with Crippen LogP contribution >= 0.6 is 0 Å². The number of carbonyl (C=O) groups excluding carboxylic acids is 1. The molecular formula is C9H10N4O4. The number of nitrogens with one attached hydrogen (secondary N) is 1. The molecule has 3 N–H and O–H groups in total. The molecular weight excluding hydrogens is 228 g/mol. The molecule has 2 rings (SSSR count). The van der Waals surface area contributed by atoms with Crippen LogP contribution < -0.4 is 11.2 Å². The van der Waals surface area contributed by atoms with Crippen molar-refractivity contribution in [3.05, 3.63) is 27.5 Å². The lowest BCUT2D eigenvalue weighted by Crippen LogP contribution is -2.26. The predicted molar refractivity (Wildman–Crippen MR) is 57.6 cm³/mol. The fourth-order valence-electron chi connectivity index (χ4n) is 1.72. The third-order valence-electron chi connectivity index (χ3n) is 2.41. The first-order chi connectivity index (χ1) is 8.08. The van der Waals surface area contributed by atoms with Crippen molar-refractivity contribution in [1.29, 1.82) is 0 Å². The summed E-state index contributed by atoms with van der Waals surface area (Å²) in [5.41, 5.74) is 8.11. The summed E-state index contributed by atoms with van der Waals surface area (Å²) in [6.45, 7) is 0. The Morgan fingerprint density at radius 2 is 2.35 bits per heavy atom. The van der Waals surface area contributed by atoms with Crippen molar-refractivity contribution in [2.24, 2.45) is 10.8 Å². The van der Waals surface area contributed by atoms with Gasteiger partial charge in [0.1, 0.15) is 10.7 Å². The summed E-state index contributed by atoms with van der Waals surface area (Å²) in [4.78, 5) is 20.5. The Kier molecular flexibility index (Phi) is 2.77. The number of nitrogens with zero attached hydrogens (tertiary/aromatic N) is 2. The van der Waals surface area contributed by atoms with Crippen LogP contribution in [0.15, 0.2) is 15.6 Å². The standard InChI is InChI=1S/C9H10N4O4/c10-9(14)12-11-6-2-1-3-7-5(6)4-8(17-7)13(15)16/h4H,1-3H2,(H3,10,12,14)/b11-6-. The summed E-state index contributed by atoms with van der Waals surface area (Å²) < 4.78 is 5.08. The van der Waals surface area contributed by atoms with E-state index >= 15 is 0 Å². The first-order valence-electron chi connectivity index (χ1n) is 4.97. The van der Waals surface area contributed by atoms with E-state index in [4.69, 9.17) is 10.2 Å². The van der Waals surface area contributed by atoms with Crippen LogP contribution in [-0.4, -0.2) is 16.7 Å². The Morgan fingerprint density at radius 1 is 1.59 bits per heavy atom. The first kappa shape index (κ1) is 11.1. The number of nitro groups is 1. The SMILES string of the molecule is NC(=O)N/N=C1/CCCc2oc([N+](=O)[O-])cc21. The van der Waals surface area contributed by atoms with Crippen LogP contribution in [-0.2, 0) is 6.42 Å². The van der Waals surface area contributed by atoms with Gasteiger partial charge in [-0.15, -0.1) is 0 Å². The van der Waals surface area contributed by atoms with Gasteiger partial charge in [0, 0.05) is 12.0 Å². The van der Waals surface area contributed by atoms with Crippen LogP contribution in [0.25, 0.3) is 0 Å². The Bertz CT molecular complexity index is 505. The molecule has 0 bridgehead atoms. The van der Waals surface area contributed by atoms with Crippen LogP contribution in [0.2, 0.25) is 0 Å². The van der Waals surface area contributed by atoms with E-state index < -0.39 is 11.0 Å². The molecule has 90 valence electrons. The van der Waals surface area contributed by atoms with Gasteiger partial charge >= 0.3 is 11.9 Å². The van der Waals surface area contributed by atoms with E-state index in [0.717, 1.165) is 6.42 Å². The fraction of sp³-hybridized carbons (Fsp3) is 0.333. The summed E-state index contributed by atoms with van der Waals surface area (Å²) in [6, 6.07) is 0.540. The molecule has 1 aliphatic carbocycles. The first-order valence-corrected chi connectivity index (χ1v) is 4.97. The molecule has 0 aliphatic heterocycles.